The Kier molecular flexibility index (Phi) is 4.07. The Morgan fingerprint density at radius 2 is 2.12 bits per heavy atom. The third-order valence-electron chi connectivity index (χ3n) is 4.43. The Morgan fingerprint density at radius 1 is 1.28 bits per heavy atom. The number of rotatable bonds is 3. The second kappa shape index (κ2) is 6.52. The summed E-state index contributed by atoms with van der Waals surface area (Å²) < 4.78 is 11.2. The van der Waals surface area contributed by atoms with Gasteiger partial charge in [-0.15, -0.1) is 0 Å². The van der Waals surface area contributed by atoms with Crippen LogP contribution in [-0.4, -0.2) is 53.0 Å². The van der Waals surface area contributed by atoms with Crippen LogP contribution in [0.15, 0.2) is 42.6 Å². The minimum absolute atomic E-state index is 0.132. The van der Waals surface area contributed by atoms with E-state index in [4.69, 9.17) is 9.47 Å². The highest BCUT2D eigenvalue weighted by molar-refractivity contribution is 5.92. The zero-order chi connectivity index (χ0) is 17.2. The van der Waals surface area contributed by atoms with E-state index in [-0.39, 0.29) is 12.0 Å². The quantitative estimate of drug-likeness (QED) is 0.792. The van der Waals surface area contributed by atoms with Crippen molar-refractivity contribution < 1.29 is 14.3 Å². The number of morpholine rings is 1. The minimum Gasteiger partial charge on any atom is -0.497 e. The number of nitrogens with one attached hydrogen (secondary N) is 1. The fourth-order valence-electron chi connectivity index (χ4n) is 3.07. The van der Waals surface area contributed by atoms with Crippen LogP contribution < -0.4 is 4.74 Å². The van der Waals surface area contributed by atoms with Crippen molar-refractivity contribution in [1.82, 2.24) is 20.3 Å². The lowest BCUT2D eigenvalue weighted by Gasteiger charge is -2.32. The van der Waals surface area contributed by atoms with Gasteiger partial charge >= 0.3 is 0 Å². The number of benzene rings is 2. The van der Waals surface area contributed by atoms with Crippen molar-refractivity contribution in [3.63, 3.8) is 0 Å². The van der Waals surface area contributed by atoms with Gasteiger partial charge in [-0.25, -0.2) is 0 Å². The summed E-state index contributed by atoms with van der Waals surface area (Å²) in [7, 11) is 1.66. The van der Waals surface area contributed by atoms with Crippen LogP contribution in [-0.2, 0) is 4.74 Å². The molecular formula is C18H18N4O3. The van der Waals surface area contributed by atoms with Gasteiger partial charge in [-0.1, -0.05) is 18.2 Å². The summed E-state index contributed by atoms with van der Waals surface area (Å²) in [4.78, 5) is 14.2. The lowest BCUT2D eigenvalue weighted by molar-refractivity contribution is -0.0229. The van der Waals surface area contributed by atoms with Crippen LogP contribution in [0.5, 0.6) is 5.75 Å². The standard InChI is InChI=1S/C18H18N4O3/c1-24-15-5-4-12-8-14(3-2-13(12)9-15)17-11-22(6-7-25-17)18(23)16-10-19-21-20-16/h2-5,8-10,17H,6-7,11H2,1H3,(H,19,20,21). The third kappa shape index (κ3) is 3.06. The van der Waals surface area contributed by atoms with E-state index in [1.165, 1.54) is 6.20 Å². The van der Waals surface area contributed by atoms with Crippen LogP contribution in [0.4, 0.5) is 0 Å². The molecular weight excluding hydrogens is 320 g/mol. The van der Waals surface area contributed by atoms with Crippen LogP contribution in [0.2, 0.25) is 0 Å². The van der Waals surface area contributed by atoms with Crippen molar-refractivity contribution in [2.75, 3.05) is 26.8 Å². The highest BCUT2D eigenvalue weighted by Crippen LogP contribution is 2.28. The summed E-state index contributed by atoms with van der Waals surface area (Å²) in [5, 5.41) is 12.3. The number of carbonyl (C=O) groups excluding carboxylic acids is 1. The van der Waals surface area contributed by atoms with Crippen LogP contribution in [0.1, 0.15) is 22.2 Å². The maximum Gasteiger partial charge on any atom is 0.276 e. The lowest BCUT2D eigenvalue weighted by atomic mass is 10.0. The first-order valence-electron chi connectivity index (χ1n) is 8.09. The summed E-state index contributed by atoms with van der Waals surface area (Å²) in [6, 6.07) is 12.2. The molecule has 0 radical (unpaired) electrons. The van der Waals surface area contributed by atoms with Crippen molar-refractivity contribution >= 4 is 16.7 Å². The zero-order valence-corrected chi connectivity index (χ0v) is 13.8. The van der Waals surface area contributed by atoms with Crippen molar-refractivity contribution in [3.05, 3.63) is 53.9 Å². The van der Waals surface area contributed by atoms with Gasteiger partial charge in [-0.05, 0) is 34.5 Å². The van der Waals surface area contributed by atoms with Gasteiger partial charge in [-0.2, -0.15) is 15.4 Å². The number of H-pyrrole nitrogens is 1. The average molecular weight is 338 g/mol. The van der Waals surface area contributed by atoms with Gasteiger partial charge in [0.15, 0.2) is 5.69 Å². The van der Waals surface area contributed by atoms with Crippen molar-refractivity contribution in [2.45, 2.75) is 6.10 Å². The molecule has 0 spiro atoms. The van der Waals surface area contributed by atoms with Gasteiger partial charge in [0.05, 0.1) is 26.5 Å². The number of hydrogen-bond donors (Lipinski definition) is 1. The Hall–Kier alpha value is -2.93. The van der Waals surface area contributed by atoms with Gasteiger partial charge in [0, 0.05) is 6.54 Å². The van der Waals surface area contributed by atoms with Crippen molar-refractivity contribution in [2.24, 2.45) is 0 Å². The molecule has 3 aromatic rings. The van der Waals surface area contributed by atoms with E-state index in [2.05, 4.69) is 27.5 Å². The van der Waals surface area contributed by atoms with Crippen LogP contribution in [0, 0.1) is 0 Å². The highest BCUT2D eigenvalue weighted by Gasteiger charge is 2.27. The maximum absolute atomic E-state index is 12.5. The van der Waals surface area contributed by atoms with Crippen LogP contribution in [0.3, 0.4) is 0 Å². The fraction of sp³-hybridized carbons (Fsp3) is 0.278. The number of methoxy groups -OCH3 is 1. The van der Waals surface area contributed by atoms with E-state index < -0.39 is 0 Å². The first-order chi connectivity index (χ1) is 12.2. The number of aromatic nitrogens is 3. The molecule has 2 heterocycles. The molecule has 4 rings (SSSR count). The molecule has 7 nitrogen and oxygen atoms in total. The summed E-state index contributed by atoms with van der Waals surface area (Å²) in [6.45, 7) is 1.54. The number of amides is 1. The molecule has 1 saturated heterocycles. The van der Waals surface area contributed by atoms with E-state index >= 15 is 0 Å². The summed E-state index contributed by atoms with van der Waals surface area (Å²) >= 11 is 0. The minimum atomic E-state index is -0.156. The molecule has 1 N–H and O–H groups in total. The molecule has 2 aromatic carbocycles. The SMILES string of the molecule is COc1ccc2cc(C3CN(C(=O)c4cn[nH]n4)CCO3)ccc2c1. The number of ether oxygens (including phenoxy) is 2. The molecule has 25 heavy (non-hydrogen) atoms. The van der Waals surface area contributed by atoms with E-state index in [1.54, 1.807) is 12.0 Å². The summed E-state index contributed by atoms with van der Waals surface area (Å²) in [5.41, 5.74) is 1.38. The highest BCUT2D eigenvalue weighted by atomic mass is 16.5. The molecule has 128 valence electrons. The molecule has 0 bridgehead atoms. The molecule has 1 aromatic heterocycles. The lowest BCUT2D eigenvalue weighted by Crippen LogP contribution is -2.42. The summed E-state index contributed by atoms with van der Waals surface area (Å²) in [5.74, 6) is 0.700. The molecule has 1 fully saturated rings. The number of nitrogens with zero attached hydrogens (tertiary/aromatic N) is 3. The zero-order valence-electron chi connectivity index (χ0n) is 13.8. The second-order valence-corrected chi connectivity index (χ2v) is 5.94. The first kappa shape index (κ1) is 15.6. The van der Waals surface area contributed by atoms with Gasteiger partial charge in [0.25, 0.3) is 5.91 Å². The molecule has 1 unspecified atom stereocenters. The fourth-order valence-corrected chi connectivity index (χ4v) is 3.07. The largest absolute Gasteiger partial charge is 0.497 e. The molecule has 0 saturated carbocycles. The van der Waals surface area contributed by atoms with E-state index in [1.807, 2.05) is 24.3 Å². The van der Waals surface area contributed by atoms with E-state index in [0.29, 0.717) is 25.4 Å². The number of fused-ring (bicyclic) bond motifs is 1. The third-order valence-corrected chi connectivity index (χ3v) is 4.43. The van der Waals surface area contributed by atoms with Gasteiger partial charge < -0.3 is 14.4 Å². The van der Waals surface area contributed by atoms with Gasteiger partial charge in [-0.3, -0.25) is 4.79 Å². The van der Waals surface area contributed by atoms with E-state index in [9.17, 15) is 4.79 Å². The van der Waals surface area contributed by atoms with Crippen molar-refractivity contribution in [3.8, 4) is 5.75 Å². The first-order valence-corrected chi connectivity index (χ1v) is 8.09. The van der Waals surface area contributed by atoms with Gasteiger partial charge in [0.2, 0.25) is 0 Å². The monoisotopic (exact) mass is 338 g/mol. The summed E-state index contributed by atoms with van der Waals surface area (Å²) in [6.07, 6.45) is 1.28. The number of hydrogen-bond acceptors (Lipinski definition) is 5. The molecule has 0 aliphatic carbocycles. The molecule has 7 heteroatoms. The normalized spacial score (nSPS) is 17.6. The van der Waals surface area contributed by atoms with Crippen molar-refractivity contribution in [1.29, 1.82) is 0 Å². The Balaban J connectivity index is 1.56. The average Bonchev–Trinajstić information content (AvgIpc) is 3.21. The number of aromatic amines is 1. The van der Waals surface area contributed by atoms with E-state index in [0.717, 1.165) is 22.1 Å². The predicted molar refractivity (Wildman–Crippen MR) is 91.5 cm³/mol. The van der Waals surface area contributed by atoms with Gasteiger partial charge in [0.1, 0.15) is 11.9 Å². The molecule has 1 aliphatic rings. The topological polar surface area (TPSA) is 80.3 Å². The molecule has 1 aliphatic heterocycles. The number of carbonyl (C=O) groups is 1. The van der Waals surface area contributed by atoms with Crippen LogP contribution in [0.25, 0.3) is 10.8 Å². The Bertz CT molecular complexity index is 894. The smallest absolute Gasteiger partial charge is 0.276 e. The maximum atomic E-state index is 12.5. The Morgan fingerprint density at radius 3 is 2.92 bits per heavy atom. The molecule has 1 atom stereocenters. The van der Waals surface area contributed by atoms with Crippen LogP contribution >= 0.6 is 0 Å². The Labute approximate surface area is 144 Å². The second-order valence-electron chi connectivity index (χ2n) is 5.94. The predicted octanol–water partition coefficient (Wildman–Crippen LogP) is 2.18. The molecule has 1 amide bonds.